The van der Waals surface area contributed by atoms with Gasteiger partial charge in [0.2, 0.25) is 0 Å². The number of likely N-dealkylation sites (N-methyl/N-ethyl adjacent to an activating group) is 1. The van der Waals surface area contributed by atoms with Gasteiger partial charge in [-0.3, -0.25) is 19.3 Å². The van der Waals surface area contributed by atoms with Crippen molar-refractivity contribution in [3.8, 4) is 0 Å². The average molecular weight is 292 g/mol. The highest BCUT2D eigenvalue weighted by atomic mass is 35.5. The summed E-state index contributed by atoms with van der Waals surface area (Å²) >= 11 is 5.30. The molecule has 1 saturated heterocycles. The Balaban J connectivity index is 2.78. The van der Waals surface area contributed by atoms with Gasteiger partial charge >= 0.3 is 23.3 Å². The lowest BCUT2D eigenvalue weighted by molar-refractivity contribution is -0.155. The highest BCUT2D eigenvalue weighted by Gasteiger charge is 2.41. The number of hydrogen-bond acceptors (Lipinski definition) is 4. The lowest BCUT2D eigenvalue weighted by atomic mass is 10.1. The highest BCUT2D eigenvalue weighted by Crippen LogP contribution is 2.17. The second kappa shape index (κ2) is 6.37. The van der Waals surface area contributed by atoms with E-state index >= 15 is 0 Å². The zero-order valence-corrected chi connectivity index (χ0v) is 11.0. The van der Waals surface area contributed by atoms with Crippen LogP contribution in [0.1, 0.15) is 13.3 Å². The molecule has 1 aliphatic rings. The van der Waals surface area contributed by atoms with E-state index in [0.717, 1.165) is 0 Å². The van der Waals surface area contributed by atoms with Crippen molar-refractivity contribution >= 4 is 34.9 Å². The van der Waals surface area contributed by atoms with Crippen molar-refractivity contribution in [2.75, 3.05) is 19.6 Å². The fraction of sp³-hybridized carbons (Fsp3) is 0.600. The number of amides is 4. The molecule has 0 aliphatic carbocycles. The van der Waals surface area contributed by atoms with E-state index in [2.05, 4.69) is 5.32 Å². The average Bonchev–Trinajstić information content (AvgIpc) is 2.32. The van der Waals surface area contributed by atoms with Gasteiger partial charge in [0.25, 0.3) is 0 Å². The van der Waals surface area contributed by atoms with Crippen LogP contribution in [0.2, 0.25) is 0 Å². The first-order valence-corrected chi connectivity index (χ1v) is 6.05. The van der Waals surface area contributed by atoms with Crippen molar-refractivity contribution in [3.63, 3.8) is 0 Å². The quantitative estimate of drug-likeness (QED) is 0.433. The summed E-state index contributed by atoms with van der Waals surface area (Å²) in [6.07, 6.45) is -1.00. The van der Waals surface area contributed by atoms with Crippen LogP contribution in [0, 0.1) is 0 Å². The number of nitrogens with zero attached hydrogens (tertiary/aromatic N) is 2. The minimum atomic E-state index is -1.20. The molecule has 0 bridgehead atoms. The summed E-state index contributed by atoms with van der Waals surface area (Å²) in [5.41, 5.74) is 0. The summed E-state index contributed by atoms with van der Waals surface area (Å²) < 4.78 is 0. The number of rotatable bonds is 4. The molecule has 0 radical (unpaired) electrons. The Bertz CT molecular complexity index is 414. The fourth-order valence-corrected chi connectivity index (χ4v) is 2.10. The molecule has 1 atom stereocenters. The van der Waals surface area contributed by atoms with Gasteiger partial charge in [0.15, 0.2) is 0 Å². The van der Waals surface area contributed by atoms with E-state index in [4.69, 9.17) is 16.7 Å². The third-order valence-corrected chi connectivity index (χ3v) is 2.99. The van der Waals surface area contributed by atoms with Gasteiger partial charge in [-0.2, -0.15) is 0 Å². The Morgan fingerprint density at radius 3 is 2.53 bits per heavy atom. The first-order chi connectivity index (χ1) is 8.88. The van der Waals surface area contributed by atoms with Gasteiger partial charge in [0.05, 0.1) is 6.04 Å². The summed E-state index contributed by atoms with van der Waals surface area (Å²) in [6, 6.07) is -0.623. The number of carbonyl (C=O) groups excluding carboxylic acids is 3. The van der Waals surface area contributed by atoms with Crippen molar-refractivity contribution in [1.82, 2.24) is 15.1 Å². The molecular weight excluding hydrogens is 278 g/mol. The molecule has 0 aromatic heterocycles. The van der Waals surface area contributed by atoms with Crippen molar-refractivity contribution < 1.29 is 24.3 Å². The molecule has 8 nitrogen and oxygen atoms in total. The fourth-order valence-electron chi connectivity index (χ4n) is 1.89. The van der Waals surface area contributed by atoms with Gasteiger partial charge in [-0.25, -0.2) is 4.79 Å². The maximum atomic E-state index is 11.7. The molecule has 1 unspecified atom stereocenters. The van der Waals surface area contributed by atoms with E-state index in [1.807, 2.05) is 0 Å². The van der Waals surface area contributed by atoms with Crippen LogP contribution in [-0.2, 0) is 9.59 Å². The van der Waals surface area contributed by atoms with E-state index in [9.17, 15) is 19.2 Å². The SMILES string of the molecule is CCN1CC(CCNC(=O)O)N(C(=O)Cl)C(=O)C1=O. The van der Waals surface area contributed by atoms with Crippen LogP contribution in [0.3, 0.4) is 0 Å². The highest BCUT2D eigenvalue weighted by molar-refractivity contribution is 6.65. The molecule has 1 rings (SSSR count). The molecule has 0 aromatic rings. The van der Waals surface area contributed by atoms with Crippen LogP contribution >= 0.6 is 11.6 Å². The van der Waals surface area contributed by atoms with Crippen LogP contribution in [0.5, 0.6) is 0 Å². The minimum Gasteiger partial charge on any atom is -0.465 e. The Hall–Kier alpha value is -1.83. The standard InChI is InChI=1S/C10H14ClN3O5/c1-2-13-5-6(3-4-12-10(18)19)14(9(11)17)8(16)7(13)15/h6,12H,2-5H2,1H3,(H,18,19). The second-order valence-electron chi connectivity index (χ2n) is 3.95. The summed E-state index contributed by atoms with van der Waals surface area (Å²) in [5.74, 6) is -1.76. The van der Waals surface area contributed by atoms with E-state index in [1.165, 1.54) is 4.90 Å². The first-order valence-electron chi connectivity index (χ1n) is 5.67. The zero-order chi connectivity index (χ0) is 14.6. The molecule has 2 N–H and O–H groups in total. The summed E-state index contributed by atoms with van der Waals surface area (Å²) in [6.45, 7) is 2.24. The largest absolute Gasteiger partial charge is 0.465 e. The molecule has 106 valence electrons. The minimum absolute atomic E-state index is 0.0553. The van der Waals surface area contributed by atoms with E-state index in [0.29, 0.717) is 11.4 Å². The maximum absolute atomic E-state index is 11.7. The molecule has 0 spiro atoms. The van der Waals surface area contributed by atoms with E-state index < -0.39 is 29.3 Å². The normalized spacial score (nSPS) is 19.6. The maximum Gasteiger partial charge on any atom is 0.404 e. The molecular formula is C10H14ClN3O5. The van der Waals surface area contributed by atoms with Gasteiger partial charge in [-0.1, -0.05) is 0 Å². The van der Waals surface area contributed by atoms with Gasteiger partial charge in [0, 0.05) is 19.6 Å². The Morgan fingerprint density at radius 1 is 1.42 bits per heavy atom. The summed E-state index contributed by atoms with van der Waals surface area (Å²) in [7, 11) is 0. The smallest absolute Gasteiger partial charge is 0.404 e. The molecule has 4 amide bonds. The third kappa shape index (κ3) is 3.57. The molecule has 1 aliphatic heterocycles. The number of imide groups is 1. The number of carboxylic acid groups (broad SMARTS) is 1. The van der Waals surface area contributed by atoms with Gasteiger partial charge in [-0.05, 0) is 24.9 Å². The van der Waals surface area contributed by atoms with Gasteiger partial charge < -0.3 is 15.3 Å². The molecule has 9 heteroatoms. The summed E-state index contributed by atoms with van der Waals surface area (Å²) in [4.78, 5) is 46.9. The Kier molecular flexibility index (Phi) is 5.11. The van der Waals surface area contributed by atoms with Crippen molar-refractivity contribution in [2.45, 2.75) is 19.4 Å². The first kappa shape index (κ1) is 15.2. The predicted octanol–water partition coefficient (Wildman–Crippen LogP) is 0.0622. The van der Waals surface area contributed by atoms with Crippen LogP contribution < -0.4 is 5.32 Å². The van der Waals surface area contributed by atoms with Crippen LogP contribution in [0.4, 0.5) is 9.59 Å². The second-order valence-corrected chi connectivity index (χ2v) is 4.27. The van der Waals surface area contributed by atoms with Crippen LogP contribution in [-0.4, -0.2) is 63.9 Å². The molecule has 0 saturated carbocycles. The van der Waals surface area contributed by atoms with Crippen LogP contribution in [0.25, 0.3) is 0 Å². The van der Waals surface area contributed by atoms with Gasteiger partial charge in [0.1, 0.15) is 0 Å². The molecule has 1 fully saturated rings. The monoisotopic (exact) mass is 291 g/mol. The Morgan fingerprint density at radius 2 is 2.05 bits per heavy atom. The molecule has 0 aromatic carbocycles. The number of hydrogen-bond donors (Lipinski definition) is 2. The van der Waals surface area contributed by atoms with Crippen molar-refractivity contribution in [1.29, 1.82) is 0 Å². The Labute approximate surface area is 114 Å². The topological polar surface area (TPSA) is 107 Å². The van der Waals surface area contributed by atoms with Crippen molar-refractivity contribution in [3.05, 3.63) is 0 Å². The van der Waals surface area contributed by atoms with E-state index in [-0.39, 0.29) is 19.5 Å². The predicted molar refractivity (Wildman–Crippen MR) is 64.8 cm³/mol. The van der Waals surface area contributed by atoms with Crippen LogP contribution in [0.15, 0.2) is 0 Å². The number of nitrogens with one attached hydrogen (secondary N) is 1. The molecule has 19 heavy (non-hydrogen) atoms. The lowest BCUT2D eigenvalue weighted by Gasteiger charge is -2.37. The zero-order valence-electron chi connectivity index (χ0n) is 10.3. The van der Waals surface area contributed by atoms with Crippen molar-refractivity contribution in [2.24, 2.45) is 0 Å². The number of halogens is 1. The third-order valence-electron chi connectivity index (χ3n) is 2.81. The number of carbonyl (C=O) groups is 4. The van der Waals surface area contributed by atoms with E-state index in [1.54, 1.807) is 6.92 Å². The molecule has 1 heterocycles. The van der Waals surface area contributed by atoms with Gasteiger partial charge in [-0.15, -0.1) is 0 Å². The summed E-state index contributed by atoms with van der Waals surface area (Å²) in [5, 5.41) is 9.56. The lowest BCUT2D eigenvalue weighted by Crippen LogP contribution is -2.60. The number of piperazine rings is 1.